The summed E-state index contributed by atoms with van der Waals surface area (Å²) in [5.74, 6) is -1.02. The highest BCUT2D eigenvalue weighted by Gasteiger charge is 2.15. The average Bonchev–Trinajstić information content (AvgIpc) is 2.37. The van der Waals surface area contributed by atoms with Gasteiger partial charge in [-0.3, -0.25) is 0 Å². The first kappa shape index (κ1) is 15.5. The lowest BCUT2D eigenvalue weighted by molar-refractivity contribution is 0.0698. The van der Waals surface area contributed by atoms with Gasteiger partial charge in [-0.25, -0.2) is 4.79 Å². The zero-order valence-electron chi connectivity index (χ0n) is 11.2. The molecule has 0 amide bonds. The first-order valence-corrected chi connectivity index (χ1v) is 6.98. The van der Waals surface area contributed by atoms with Crippen molar-refractivity contribution in [1.82, 2.24) is 0 Å². The fourth-order valence-corrected chi connectivity index (χ4v) is 2.60. The zero-order valence-corrected chi connectivity index (χ0v) is 12.7. The number of carboxylic acid groups (broad SMARTS) is 1. The van der Waals surface area contributed by atoms with Gasteiger partial charge in [-0.1, -0.05) is 29.3 Å². The molecule has 0 aliphatic carbocycles. The van der Waals surface area contributed by atoms with Gasteiger partial charge >= 0.3 is 5.97 Å². The van der Waals surface area contributed by atoms with Gasteiger partial charge in [-0.05, 0) is 42.8 Å². The Hall–Kier alpha value is -1.91. The summed E-state index contributed by atoms with van der Waals surface area (Å²) in [6, 6.07) is 9.59. The van der Waals surface area contributed by atoms with Crippen LogP contribution in [0.3, 0.4) is 0 Å². The molecule has 0 saturated carbocycles. The molecule has 0 bridgehead atoms. The minimum atomic E-state index is -1.02. The number of aromatic carboxylic acids is 1. The van der Waals surface area contributed by atoms with Gasteiger partial charge in [0, 0.05) is 15.7 Å². The minimum Gasteiger partial charge on any atom is -0.478 e. The second-order valence-electron chi connectivity index (χ2n) is 4.64. The van der Waals surface area contributed by atoms with Gasteiger partial charge < -0.3 is 16.2 Å². The molecule has 110 valence electrons. The Morgan fingerprint density at radius 3 is 2.57 bits per heavy atom. The van der Waals surface area contributed by atoms with Gasteiger partial charge in [-0.2, -0.15) is 0 Å². The summed E-state index contributed by atoms with van der Waals surface area (Å²) >= 11 is 12.0. The molecule has 0 aromatic heterocycles. The fourth-order valence-electron chi connectivity index (χ4n) is 2.03. The lowest BCUT2D eigenvalue weighted by atomic mass is 10.1. The molecule has 6 heteroatoms. The number of nitrogens with two attached hydrogens (primary N) is 1. The maximum Gasteiger partial charge on any atom is 0.337 e. The maximum atomic E-state index is 11.2. The van der Waals surface area contributed by atoms with Crippen LogP contribution in [-0.4, -0.2) is 11.1 Å². The number of carboxylic acids is 1. The third kappa shape index (κ3) is 3.60. The number of hydrogen-bond acceptors (Lipinski definition) is 3. The van der Waals surface area contributed by atoms with E-state index in [4.69, 9.17) is 28.9 Å². The van der Waals surface area contributed by atoms with Crippen LogP contribution in [0.15, 0.2) is 36.4 Å². The smallest absolute Gasteiger partial charge is 0.337 e. The fraction of sp³-hybridized carbons (Fsp3) is 0.133. The summed E-state index contributed by atoms with van der Waals surface area (Å²) in [6.07, 6.45) is 0. The standard InChI is InChI=1S/C15H14Cl2N2O2/c1-8(11-4-2-9(16)6-13(11)17)19-14-7-10(18)3-5-12(14)15(20)21/h2-8,19H,18H2,1H3,(H,20,21). The lowest BCUT2D eigenvalue weighted by Gasteiger charge is -2.19. The summed E-state index contributed by atoms with van der Waals surface area (Å²) in [5.41, 5.74) is 7.62. The van der Waals surface area contributed by atoms with E-state index < -0.39 is 5.97 Å². The number of hydrogen-bond donors (Lipinski definition) is 3. The van der Waals surface area contributed by atoms with Crippen molar-refractivity contribution in [1.29, 1.82) is 0 Å². The Morgan fingerprint density at radius 2 is 1.95 bits per heavy atom. The van der Waals surface area contributed by atoms with Gasteiger partial charge in [0.25, 0.3) is 0 Å². The molecule has 1 atom stereocenters. The number of nitrogen functional groups attached to an aromatic ring is 1. The van der Waals surface area contributed by atoms with Crippen LogP contribution >= 0.6 is 23.2 Å². The van der Waals surface area contributed by atoms with Gasteiger partial charge in [0.1, 0.15) is 0 Å². The number of rotatable bonds is 4. The maximum absolute atomic E-state index is 11.2. The molecule has 2 aromatic carbocycles. The molecule has 0 fully saturated rings. The van der Waals surface area contributed by atoms with Crippen LogP contribution in [0.25, 0.3) is 0 Å². The molecular weight excluding hydrogens is 311 g/mol. The Bertz CT molecular complexity index is 689. The van der Waals surface area contributed by atoms with Crippen molar-refractivity contribution in [3.8, 4) is 0 Å². The van der Waals surface area contributed by atoms with Crippen molar-refractivity contribution in [3.63, 3.8) is 0 Å². The van der Waals surface area contributed by atoms with Gasteiger partial charge in [0.05, 0.1) is 17.3 Å². The van der Waals surface area contributed by atoms with Crippen molar-refractivity contribution in [2.45, 2.75) is 13.0 Å². The van der Waals surface area contributed by atoms with E-state index in [1.54, 1.807) is 30.3 Å². The van der Waals surface area contributed by atoms with Gasteiger partial charge in [0.15, 0.2) is 0 Å². The molecule has 2 aromatic rings. The van der Waals surface area contributed by atoms with Crippen LogP contribution in [0.4, 0.5) is 11.4 Å². The van der Waals surface area contributed by atoms with E-state index in [0.29, 0.717) is 21.4 Å². The predicted molar refractivity (Wildman–Crippen MR) is 86.3 cm³/mol. The molecule has 0 saturated heterocycles. The molecule has 2 rings (SSSR count). The van der Waals surface area contributed by atoms with Crippen molar-refractivity contribution in [2.75, 3.05) is 11.1 Å². The SMILES string of the molecule is CC(Nc1cc(N)ccc1C(=O)O)c1ccc(Cl)cc1Cl. The van der Waals surface area contributed by atoms with Crippen LogP contribution in [0, 0.1) is 0 Å². The minimum absolute atomic E-state index is 0.154. The highest BCUT2D eigenvalue weighted by molar-refractivity contribution is 6.35. The average molecular weight is 325 g/mol. The monoisotopic (exact) mass is 324 g/mol. The number of anilines is 2. The molecule has 0 aliphatic rings. The summed E-state index contributed by atoms with van der Waals surface area (Å²) < 4.78 is 0. The van der Waals surface area contributed by atoms with Crippen LogP contribution in [0.5, 0.6) is 0 Å². The summed E-state index contributed by atoms with van der Waals surface area (Å²) in [5, 5.41) is 13.4. The van der Waals surface area contributed by atoms with Crippen molar-refractivity contribution in [2.24, 2.45) is 0 Å². The summed E-state index contributed by atoms with van der Waals surface area (Å²) in [6.45, 7) is 1.88. The van der Waals surface area contributed by atoms with Crippen molar-refractivity contribution >= 4 is 40.5 Å². The molecule has 0 aliphatic heterocycles. The van der Waals surface area contributed by atoms with E-state index >= 15 is 0 Å². The molecule has 0 radical (unpaired) electrons. The molecular formula is C15H14Cl2N2O2. The number of nitrogens with one attached hydrogen (secondary N) is 1. The highest BCUT2D eigenvalue weighted by atomic mass is 35.5. The normalized spacial score (nSPS) is 12.0. The van der Waals surface area contributed by atoms with E-state index in [2.05, 4.69) is 5.32 Å². The quantitative estimate of drug-likeness (QED) is 0.726. The van der Waals surface area contributed by atoms with Crippen LogP contribution < -0.4 is 11.1 Å². The third-order valence-electron chi connectivity index (χ3n) is 3.08. The number of carbonyl (C=O) groups is 1. The Morgan fingerprint density at radius 1 is 1.24 bits per heavy atom. The second kappa shape index (κ2) is 6.24. The zero-order chi connectivity index (χ0) is 15.6. The molecule has 4 N–H and O–H groups in total. The lowest BCUT2D eigenvalue weighted by Crippen LogP contribution is -2.11. The Kier molecular flexibility index (Phi) is 4.60. The molecule has 4 nitrogen and oxygen atoms in total. The van der Waals surface area contributed by atoms with Crippen LogP contribution in [0.2, 0.25) is 10.0 Å². The predicted octanol–water partition coefficient (Wildman–Crippen LogP) is 4.45. The third-order valence-corrected chi connectivity index (χ3v) is 3.64. The van der Waals surface area contributed by atoms with E-state index in [9.17, 15) is 9.90 Å². The first-order chi connectivity index (χ1) is 9.88. The van der Waals surface area contributed by atoms with E-state index in [1.807, 2.05) is 6.92 Å². The molecule has 21 heavy (non-hydrogen) atoms. The van der Waals surface area contributed by atoms with Gasteiger partial charge in [-0.15, -0.1) is 0 Å². The molecule has 0 heterocycles. The van der Waals surface area contributed by atoms with E-state index in [0.717, 1.165) is 5.56 Å². The second-order valence-corrected chi connectivity index (χ2v) is 5.49. The van der Waals surface area contributed by atoms with E-state index in [-0.39, 0.29) is 11.6 Å². The molecule has 1 unspecified atom stereocenters. The summed E-state index contributed by atoms with van der Waals surface area (Å²) in [4.78, 5) is 11.2. The van der Waals surface area contributed by atoms with Crippen LogP contribution in [0.1, 0.15) is 28.9 Å². The van der Waals surface area contributed by atoms with E-state index in [1.165, 1.54) is 6.07 Å². The largest absolute Gasteiger partial charge is 0.478 e. The van der Waals surface area contributed by atoms with Crippen LogP contribution in [-0.2, 0) is 0 Å². The molecule has 0 spiro atoms. The Balaban J connectivity index is 2.33. The first-order valence-electron chi connectivity index (χ1n) is 6.23. The number of benzene rings is 2. The van der Waals surface area contributed by atoms with Crippen molar-refractivity contribution < 1.29 is 9.90 Å². The Labute approximate surface area is 132 Å². The number of halogens is 2. The van der Waals surface area contributed by atoms with Gasteiger partial charge in [0.2, 0.25) is 0 Å². The summed E-state index contributed by atoms with van der Waals surface area (Å²) in [7, 11) is 0. The topological polar surface area (TPSA) is 75.3 Å². The van der Waals surface area contributed by atoms with Crippen molar-refractivity contribution in [3.05, 3.63) is 57.6 Å². The highest BCUT2D eigenvalue weighted by Crippen LogP contribution is 2.30.